The molecule has 0 spiro atoms. The third-order valence-electron chi connectivity index (χ3n) is 1.87. The van der Waals surface area contributed by atoms with Crippen LogP contribution < -0.4 is 5.32 Å². The Morgan fingerprint density at radius 3 is 2.93 bits per heavy atom. The summed E-state index contributed by atoms with van der Waals surface area (Å²) in [5.74, 6) is 2.22. The van der Waals surface area contributed by atoms with Crippen LogP contribution in [0.15, 0.2) is 22.7 Å². The van der Waals surface area contributed by atoms with Gasteiger partial charge < -0.3 is 5.32 Å². The van der Waals surface area contributed by atoms with Gasteiger partial charge in [-0.25, -0.2) is 4.39 Å². The largest absolute Gasteiger partial charge is 0.300 e. The molecule has 1 atom stereocenters. The van der Waals surface area contributed by atoms with Crippen LogP contribution in [0, 0.1) is 18.2 Å². The molecule has 1 unspecified atom stereocenters. The van der Waals surface area contributed by atoms with E-state index in [4.69, 9.17) is 6.42 Å². The van der Waals surface area contributed by atoms with Crippen molar-refractivity contribution in [1.29, 1.82) is 0 Å². The summed E-state index contributed by atoms with van der Waals surface area (Å²) in [5.41, 5.74) is 0.503. The highest BCUT2D eigenvalue weighted by Gasteiger charge is 2.13. The molecule has 1 N–H and O–H groups in total. The van der Waals surface area contributed by atoms with Gasteiger partial charge in [0.2, 0.25) is 0 Å². The van der Waals surface area contributed by atoms with Gasteiger partial charge >= 0.3 is 0 Å². The Hall–Kier alpha value is -0.850. The average molecular weight is 256 g/mol. The van der Waals surface area contributed by atoms with Crippen molar-refractivity contribution >= 4 is 15.9 Å². The lowest BCUT2D eigenvalue weighted by Crippen LogP contribution is -2.20. The zero-order valence-electron chi connectivity index (χ0n) is 7.85. The van der Waals surface area contributed by atoms with E-state index in [1.54, 1.807) is 18.2 Å². The molecular formula is C11H11BrFN. The molecule has 1 nitrogen and oxygen atoms in total. The number of hydrogen-bond acceptors (Lipinski definition) is 1. The van der Waals surface area contributed by atoms with Crippen LogP contribution in [-0.4, -0.2) is 6.54 Å². The van der Waals surface area contributed by atoms with Crippen molar-refractivity contribution in [1.82, 2.24) is 5.32 Å². The fourth-order valence-electron chi connectivity index (χ4n) is 1.21. The monoisotopic (exact) mass is 255 g/mol. The maximum absolute atomic E-state index is 13.6. The second kappa shape index (κ2) is 5.14. The molecule has 0 saturated carbocycles. The second-order valence-electron chi connectivity index (χ2n) is 2.80. The third-order valence-corrected chi connectivity index (χ3v) is 2.48. The molecule has 74 valence electrons. The summed E-state index contributed by atoms with van der Waals surface area (Å²) in [6.45, 7) is 2.64. The minimum absolute atomic E-state index is 0.295. The molecule has 0 amide bonds. The van der Waals surface area contributed by atoms with Gasteiger partial charge in [-0.3, -0.25) is 0 Å². The quantitative estimate of drug-likeness (QED) is 0.820. The van der Waals surface area contributed by atoms with E-state index in [0.717, 1.165) is 0 Å². The predicted molar refractivity (Wildman–Crippen MR) is 59.4 cm³/mol. The van der Waals surface area contributed by atoms with Crippen LogP contribution in [0.4, 0.5) is 4.39 Å². The highest BCUT2D eigenvalue weighted by Crippen LogP contribution is 2.23. The van der Waals surface area contributed by atoms with Crippen molar-refractivity contribution in [3.05, 3.63) is 34.1 Å². The first-order valence-corrected chi connectivity index (χ1v) is 5.13. The number of halogens is 2. The minimum Gasteiger partial charge on any atom is -0.300 e. The Kier molecular flexibility index (Phi) is 4.12. The lowest BCUT2D eigenvalue weighted by atomic mass is 10.1. The Bertz CT molecular complexity index is 357. The molecular weight excluding hydrogens is 245 g/mol. The van der Waals surface area contributed by atoms with Gasteiger partial charge in [-0.05, 0) is 28.5 Å². The first-order valence-electron chi connectivity index (χ1n) is 4.34. The zero-order chi connectivity index (χ0) is 10.6. The van der Waals surface area contributed by atoms with E-state index < -0.39 is 0 Å². The molecule has 0 aliphatic rings. The van der Waals surface area contributed by atoms with E-state index in [2.05, 4.69) is 27.2 Å². The van der Waals surface area contributed by atoms with Crippen LogP contribution in [0.25, 0.3) is 0 Å². The van der Waals surface area contributed by atoms with Crippen molar-refractivity contribution in [3.63, 3.8) is 0 Å². The smallest absolute Gasteiger partial charge is 0.143 e. The number of benzene rings is 1. The van der Waals surface area contributed by atoms with Gasteiger partial charge in [-0.2, -0.15) is 0 Å². The average Bonchev–Trinajstić information content (AvgIpc) is 2.19. The highest BCUT2D eigenvalue weighted by molar-refractivity contribution is 9.10. The zero-order valence-corrected chi connectivity index (χ0v) is 9.44. The molecule has 0 heterocycles. The van der Waals surface area contributed by atoms with E-state index in [1.165, 1.54) is 0 Å². The summed E-state index contributed by atoms with van der Waals surface area (Å²) in [6.07, 6.45) is 5.32. The SMILES string of the molecule is C#CC(NCC)c1cccc(Br)c1F. The van der Waals surface area contributed by atoms with Crippen LogP contribution in [0.2, 0.25) is 0 Å². The molecule has 0 fully saturated rings. The van der Waals surface area contributed by atoms with E-state index in [-0.39, 0.29) is 11.9 Å². The van der Waals surface area contributed by atoms with Crippen LogP contribution in [0.3, 0.4) is 0 Å². The number of nitrogens with one attached hydrogen (secondary N) is 1. The number of hydrogen-bond donors (Lipinski definition) is 1. The molecule has 1 aromatic carbocycles. The Morgan fingerprint density at radius 1 is 1.64 bits per heavy atom. The van der Waals surface area contributed by atoms with Gasteiger partial charge in [0.1, 0.15) is 5.82 Å². The molecule has 0 aromatic heterocycles. The summed E-state index contributed by atoms with van der Waals surface area (Å²) >= 11 is 3.12. The summed E-state index contributed by atoms with van der Waals surface area (Å²) < 4.78 is 14.0. The normalized spacial score (nSPS) is 12.1. The Labute approximate surface area is 91.8 Å². The van der Waals surface area contributed by atoms with E-state index in [1.807, 2.05) is 6.92 Å². The molecule has 0 aliphatic heterocycles. The molecule has 1 rings (SSSR count). The number of terminal acetylenes is 1. The fourth-order valence-corrected chi connectivity index (χ4v) is 1.59. The maximum atomic E-state index is 13.6. The molecule has 0 saturated heterocycles. The van der Waals surface area contributed by atoms with Gasteiger partial charge in [0.15, 0.2) is 0 Å². The van der Waals surface area contributed by atoms with Crippen LogP contribution >= 0.6 is 15.9 Å². The maximum Gasteiger partial charge on any atom is 0.143 e. The Balaban J connectivity index is 3.05. The highest BCUT2D eigenvalue weighted by atomic mass is 79.9. The van der Waals surface area contributed by atoms with Crippen molar-refractivity contribution in [2.75, 3.05) is 6.54 Å². The van der Waals surface area contributed by atoms with E-state index in [9.17, 15) is 4.39 Å². The van der Waals surface area contributed by atoms with Crippen molar-refractivity contribution in [2.45, 2.75) is 13.0 Å². The van der Waals surface area contributed by atoms with Crippen molar-refractivity contribution in [3.8, 4) is 12.3 Å². The molecule has 3 heteroatoms. The fraction of sp³-hybridized carbons (Fsp3) is 0.273. The Morgan fingerprint density at radius 2 is 2.36 bits per heavy atom. The minimum atomic E-state index is -0.363. The van der Waals surface area contributed by atoms with Gasteiger partial charge in [-0.15, -0.1) is 6.42 Å². The number of rotatable bonds is 3. The summed E-state index contributed by atoms with van der Waals surface area (Å²) in [7, 11) is 0. The molecule has 0 bridgehead atoms. The second-order valence-corrected chi connectivity index (χ2v) is 3.65. The first kappa shape index (κ1) is 11.2. The first-order chi connectivity index (χ1) is 6.70. The summed E-state index contributed by atoms with van der Waals surface area (Å²) in [4.78, 5) is 0. The van der Waals surface area contributed by atoms with Crippen LogP contribution in [0.5, 0.6) is 0 Å². The topological polar surface area (TPSA) is 12.0 Å². The van der Waals surface area contributed by atoms with Crippen molar-refractivity contribution in [2.24, 2.45) is 0 Å². The predicted octanol–water partition coefficient (Wildman–Crippen LogP) is 2.87. The lowest BCUT2D eigenvalue weighted by molar-refractivity contribution is 0.569. The molecule has 0 aliphatic carbocycles. The molecule has 14 heavy (non-hydrogen) atoms. The summed E-state index contributed by atoms with van der Waals surface area (Å²) in [6, 6.07) is 4.74. The molecule has 1 aromatic rings. The van der Waals surface area contributed by atoms with Crippen LogP contribution in [0.1, 0.15) is 18.5 Å². The van der Waals surface area contributed by atoms with Gasteiger partial charge in [0.05, 0.1) is 10.5 Å². The van der Waals surface area contributed by atoms with E-state index >= 15 is 0 Å². The van der Waals surface area contributed by atoms with Gasteiger partial charge in [-0.1, -0.05) is 25.0 Å². The van der Waals surface area contributed by atoms with Gasteiger partial charge in [0.25, 0.3) is 0 Å². The summed E-state index contributed by atoms with van der Waals surface area (Å²) in [5, 5.41) is 3.02. The lowest BCUT2D eigenvalue weighted by Gasteiger charge is -2.13. The molecule has 0 radical (unpaired) electrons. The van der Waals surface area contributed by atoms with E-state index in [0.29, 0.717) is 16.6 Å². The van der Waals surface area contributed by atoms with Crippen LogP contribution in [-0.2, 0) is 0 Å². The van der Waals surface area contributed by atoms with Gasteiger partial charge in [0, 0.05) is 5.56 Å². The third kappa shape index (κ3) is 2.34. The standard InChI is InChI=1S/C11H11BrFN/c1-3-10(14-4-2)8-6-5-7-9(12)11(8)13/h1,5-7,10,14H,4H2,2H3. The van der Waals surface area contributed by atoms with Crippen molar-refractivity contribution < 1.29 is 4.39 Å².